The Hall–Kier alpha value is -0.820. The van der Waals surface area contributed by atoms with E-state index in [0.717, 1.165) is 17.8 Å². The minimum Gasteiger partial charge on any atom is -0.313 e. The second-order valence-electron chi connectivity index (χ2n) is 8.32. The van der Waals surface area contributed by atoms with E-state index >= 15 is 0 Å². The highest BCUT2D eigenvalue weighted by Crippen LogP contribution is 2.62. The molecule has 4 aliphatic rings. The molecule has 0 aromatic heterocycles. The zero-order chi connectivity index (χ0) is 14.4. The van der Waals surface area contributed by atoms with E-state index in [2.05, 4.69) is 43.6 Å². The Morgan fingerprint density at radius 2 is 1.62 bits per heavy atom. The van der Waals surface area contributed by atoms with E-state index < -0.39 is 0 Å². The molecule has 1 atom stereocenters. The first-order valence-corrected chi connectivity index (χ1v) is 8.90. The van der Waals surface area contributed by atoms with Crippen molar-refractivity contribution in [2.24, 2.45) is 23.2 Å². The van der Waals surface area contributed by atoms with E-state index in [1.807, 2.05) is 0 Å². The first-order valence-electron chi connectivity index (χ1n) is 8.90. The van der Waals surface area contributed by atoms with E-state index in [4.69, 9.17) is 0 Å². The summed E-state index contributed by atoms with van der Waals surface area (Å²) in [4.78, 5) is 0. The average molecular weight is 283 g/mol. The Morgan fingerprint density at radius 3 is 2.14 bits per heavy atom. The number of nitrogens with one attached hydrogen (secondary N) is 1. The number of rotatable bonds is 4. The van der Waals surface area contributed by atoms with Crippen LogP contribution < -0.4 is 5.32 Å². The Morgan fingerprint density at radius 1 is 1.05 bits per heavy atom. The standard InChI is InChI=1S/C20H29N/c1-14-5-3-4-6-18(14)19(21-2)13-20-10-15-7-16(11-20)9-17(8-15)12-20/h3-6,15-17,19,21H,7-13H2,1-2H3. The SMILES string of the molecule is CNC(CC12CC3CC(CC(C3)C1)C2)c1ccccc1C. The monoisotopic (exact) mass is 283 g/mol. The van der Waals surface area contributed by atoms with E-state index in [1.165, 1.54) is 36.8 Å². The van der Waals surface area contributed by atoms with Crippen LogP contribution in [0.15, 0.2) is 24.3 Å². The zero-order valence-electron chi connectivity index (χ0n) is 13.6. The maximum absolute atomic E-state index is 3.63. The highest BCUT2D eigenvalue weighted by atomic mass is 14.9. The first kappa shape index (κ1) is 13.8. The van der Waals surface area contributed by atoms with E-state index in [-0.39, 0.29) is 0 Å². The third-order valence-corrected chi connectivity index (χ3v) is 6.71. The van der Waals surface area contributed by atoms with Crippen LogP contribution in [0.1, 0.15) is 62.1 Å². The third kappa shape index (κ3) is 2.44. The van der Waals surface area contributed by atoms with Crippen molar-refractivity contribution in [3.63, 3.8) is 0 Å². The van der Waals surface area contributed by atoms with Crippen molar-refractivity contribution in [1.82, 2.24) is 5.32 Å². The highest BCUT2D eigenvalue weighted by molar-refractivity contribution is 5.29. The molecule has 1 unspecified atom stereocenters. The molecule has 21 heavy (non-hydrogen) atoms. The van der Waals surface area contributed by atoms with E-state index in [1.54, 1.807) is 19.3 Å². The molecule has 0 radical (unpaired) electrons. The smallest absolute Gasteiger partial charge is 0.0325 e. The normalized spacial score (nSPS) is 38.7. The highest BCUT2D eigenvalue weighted by Gasteiger charge is 2.51. The molecule has 1 N–H and O–H groups in total. The molecule has 1 heteroatoms. The molecule has 1 nitrogen and oxygen atoms in total. The topological polar surface area (TPSA) is 12.0 Å². The lowest BCUT2D eigenvalue weighted by Crippen LogP contribution is -2.47. The fourth-order valence-corrected chi connectivity index (χ4v) is 6.32. The lowest BCUT2D eigenvalue weighted by Gasteiger charge is -2.57. The van der Waals surface area contributed by atoms with Gasteiger partial charge in [-0.2, -0.15) is 0 Å². The van der Waals surface area contributed by atoms with Gasteiger partial charge in [0.15, 0.2) is 0 Å². The zero-order valence-corrected chi connectivity index (χ0v) is 13.6. The summed E-state index contributed by atoms with van der Waals surface area (Å²) >= 11 is 0. The summed E-state index contributed by atoms with van der Waals surface area (Å²) in [6.07, 6.45) is 10.6. The Balaban J connectivity index is 1.58. The molecule has 114 valence electrons. The van der Waals surface area contributed by atoms with Crippen LogP contribution in [0, 0.1) is 30.1 Å². The van der Waals surface area contributed by atoms with Crippen LogP contribution in [-0.2, 0) is 0 Å². The van der Waals surface area contributed by atoms with Gasteiger partial charge in [-0.3, -0.25) is 0 Å². The predicted molar refractivity (Wildman–Crippen MR) is 88.2 cm³/mol. The van der Waals surface area contributed by atoms with Gasteiger partial charge < -0.3 is 5.32 Å². The number of hydrogen-bond acceptors (Lipinski definition) is 1. The summed E-state index contributed by atoms with van der Waals surface area (Å²) in [5, 5.41) is 3.63. The van der Waals surface area contributed by atoms with Crippen molar-refractivity contribution in [3.05, 3.63) is 35.4 Å². The molecule has 0 spiro atoms. The Labute approximate surface area is 129 Å². The molecular formula is C20H29N. The number of benzene rings is 1. The number of hydrogen-bond donors (Lipinski definition) is 1. The summed E-state index contributed by atoms with van der Waals surface area (Å²) in [5.74, 6) is 3.18. The van der Waals surface area contributed by atoms with Crippen molar-refractivity contribution < 1.29 is 0 Å². The van der Waals surface area contributed by atoms with Crippen molar-refractivity contribution in [2.45, 2.75) is 57.9 Å². The lowest BCUT2D eigenvalue weighted by atomic mass is 9.48. The average Bonchev–Trinajstić information content (AvgIpc) is 2.44. The largest absolute Gasteiger partial charge is 0.313 e. The Kier molecular flexibility index (Phi) is 3.37. The molecular weight excluding hydrogens is 254 g/mol. The van der Waals surface area contributed by atoms with Gasteiger partial charge in [-0.25, -0.2) is 0 Å². The summed E-state index contributed by atoms with van der Waals surface area (Å²) in [6.45, 7) is 2.26. The van der Waals surface area contributed by atoms with Crippen LogP contribution in [0.25, 0.3) is 0 Å². The molecule has 4 fully saturated rings. The molecule has 0 amide bonds. The van der Waals surface area contributed by atoms with Gasteiger partial charge in [0, 0.05) is 6.04 Å². The maximum Gasteiger partial charge on any atom is 0.0325 e. The summed E-state index contributed by atoms with van der Waals surface area (Å²) in [6, 6.07) is 9.50. The van der Waals surface area contributed by atoms with Crippen LogP contribution in [0.5, 0.6) is 0 Å². The van der Waals surface area contributed by atoms with E-state index in [9.17, 15) is 0 Å². The molecule has 0 saturated heterocycles. The van der Waals surface area contributed by atoms with Gasteiger partial charge in [-0.05, 0) is 93.2 Å². The summed E-state index contributed by atoms with van der Waals surface area (Å²) in [7, 11) is 2.15. The molecule has 0 aliphatic heterocycles. The quantitative estimate of drug-likeness (QED) is 0.832. The molecule has 1 aromatic carbocycles. The van der Waals surface area contributed by atoms with Gasteiger partial charge in [0.05, 0.1) is 0 Å². The van der Waals surface area contributed by atoms with Gasteiger partial charge in [0.1, 0.15) is 0 Å². The summed E-state index contributed by atoms with van der Waals surface area (Å²) in [5.41, 5.74) is 3.63. The van der Waals surface area contributed by atoms with Crippen LogP contribution in [0.3, 0.4) is 0 Å². The van der Waals surface area contributed by atoms with Gasteiger partial charge in [-0.15, -0.1) is 0 Å². The molecule has 1 aromatic rings. The number of aryl methyl sites for hydroxylation is 1. The minimum atomic E-state index is 0.544. The third-order valence-electron chi connectivity index (χ3n) is 6.71. The van der Waals surface area contributed by atoms with Crippen molar-refractivity contribution in [3.8, 4) is 0 Å². The van der Waals surface area contributed by atoms with Crippen molar-refractivity contribution in [2.75, 3.05) is 7.05 Å². The lowest BCUT2D eigenvalue weighted by molar-refractivity contribution is -0.0619. The van der Waals surface area contributed by atoms with E-state index in [0.29, 0.717) is 11.5 Å². The molecule has 0 heterocycles. The van der Waals surface area contributed by atoms with Crippen LogP contribution in [0.2, 0.25) is 0 Å². The second kappa shape index (κ2) is 5.12. The molecule has 4 saturated carbocycles. The van der Waals surface area contributed by atoms with Gasteiger partial charge >= 0.3 is 0 Å². The molecule has 4 bridgehead atoms. The fraction of sp³-hybridized carbons (Fsp3) is 0.700. The Bertz CT molecular complexity index is 483. The second-order valence-corrected chi connectivity index (χ2v) is 8.32. The molecule has 4 aliphatic carbocycles. The van der Waals surface area contributed by atoms with Crippen molar-refractivity contribution >= 4 is 0 Å². The van der Waals surface area contributed by atoms with Crippen LogP contribution >= 0.6 is 0 Å². The van der Waals surface area contributed by atoms with Gasteiger partial charge in [-0.1, -0.05) is 24.3 Å². The molecule has 5 rings (SSSR count). The van der Waals surface area contributed by atoms with Crippen LogP contribution in [-0.4, -0.2) is 7.05 Å². The minimum absolute atomic E-state index is 0.544. The fourth-order valence-electron chi connectivity index (χ4n) is 6.32. The van der Waals surface area contributed by atoms with Crippen LogP contribution in [0.4, 0.5) is 0 Å². The predicted octanol–water partition coefficient (Wildman–Crippen LogP) is 4.86. The van der Waals surface area contributed by atoms with Gasteiger partial charge in [0.2, 0.25) is 0 Å². The first-order chi connectivity index (χ1) is 10.2. The summed E-state index contributed by atoms with van der Waals surface area (Å²) < 4.78 is 0. The van der Waals surface area contributed by atoms with Crippen molar-refractivity contribution in [1.29, 1.82) is 0 Å². The van der Waals surface area contributed by atoms with Gasteiger partial charge in [0.25, 0.3) is 0 Å². The maximum atomic E-state index is 3.63.